The molecule has 1 unspecified atom stereocenters. The zero-order valence-corrected chi connectivity index (χ0v) is 21.7. The van der Waals surface area contributed by atoms with Gasteiger partial charge in [0.15, 0.2) is 0 Å². The second kappa shape index (κ2) is 12.1. The molecule has 0 aliphatic rings. The number of rotatable bonds is 10. The molecule has 1 amide bonds. The molecule has 3 aromatic carbocycles. The lowest BCUT2D eigenvalue weighted by atomic mass is 10.0. The average Bonchev–Trinajstić information content (AvgIpc) is 3.41. The summed E-state index contributed by atoms with van der Waals surface area (Å²) >= 11 is 0. The van der Waals surface area contributed by atoms with Gasteiger partial charge in [-0.25, -0.2) is 9.97 Å². The van der Waals surface area contributed by atoms with Crippen LogP contribution in [0.15, 0.2) is 104 Å². The second-order valence-electron chi connectivity index (χ2n) is 9.35. The number of hydrogen-bond donors (Lipinski definition) is 3. The summed E-state index contributed by atoms with van der Waals surface area (Å²) < 4.78 is 1.90. The van der Waals surface area contributed by atoms with Crippen LogP contribution in [0.5, 0.6) is 0 Å². The fraction of sp³-hybridized carbons (Fsp3) is 0.161. The van der Waals surface area contributed by atoms with Crippen LogP contribution >= 0.6 is 0 Å². The molecule has 0 aliphatic carbocycles. The summed E-state index contributed by atoms with van der Waals surface area (Å²) in [4.78, 5) is 26.0. The van der Waals surface area contributed by atoms with Crippen LogP contribution in [0, 0.1) is 0 Å². The Morgan fingerprint density at radius 2 is 1.69 bits per heavy atom. The number of aromatic nitrogens is 4. The van der Waals surface area contributed by atoms with Crippen molar-refractivity contribution in [2.24, 2.45) is 0 Å². The fourth-order valence-corrected chi connectivity index (χ4v) is 4.26. The van der Waals surface area contributed by atoms with E-state index in [9.17, 15) is 9.90 Å². The van der Waals surface area contributed by atoms with E-state index in [2.05, 4.69) is 37.7 Å². The van der Waals surface area contributed by atoms with Crippen LogP contribution in [0.25, 0.3) is 16.9 Å². The molecule has 0 saturated heterocycles. The van der Waals surface area contributed by atoms with Gasteiger partial charge in [-0.3, -0.25) is 9.36 Å². The minimum Gasteiger partial charge on any atom is -0.392 e. The van der Waals surface area contributed by atoms with Crippen molar-refractivity contribution in [2.45, 2.75) is 25.9 Å². The summed E-state index contributed by atoms with van der Waals surface area (Å²) in [6.07, 6.45) is 5.59. The summed E-state index contributed by atoms with van der Waals surface area (Å²) in [5.41, 5.74) is 4.98. The highest BCUT2D eigenvalue weighted by Gasteiger charge is 2.11. The molecule has 0 fully saturated rings. The molecule has 0 saturated carbocycles. The smallest absolute Gasteiger partial charge is 0.228 e. The minimum atomic E-state index is -0.506. The SMILES string of the molecule is CC(O)CNc1nccc(-n2ccnc2Cc2cccc(NC(=O)Cc3ccc(-c4ccccc4)cc3)c2)n1. The standard InChI is InChI=1S/C31H30N6O2/c1-22(38)21-34-31-33-15-14-28(36-31)37-17-16-32-29(37)19-24-6-5-9-27(18-24)35-30(39)20-23-10-12-26(13-11-23)25-7-3-2-4-8-25/h2-18,22,38H,19-21H2,1H3,(H,35,39)(H,33,34,36). The average molecular weight is 519 g/mol. The van der Waals surface area contributed by atoms with Crippen LogP contribution in [0.2, 0.25) is 0 Å². The van der Waals surface area contributed by atoms with Crippen molar-refractivity contribution in [2.75, 3.05) is 17.2 Å². The van der Waals surface area contributed by atoms with Gasteiger partial charge in [0.2, 0.25) is 11.9 Å². The van der Waals surface area contributed by atoms with E-state index in [1.807, 2.05) is 83.6 Å². The molecule has 0 radical (unpaired) electrons. The molecule has 39 heavy (non-hydrogen) atoms. The van der Waals surface area contributed by atoms with Gasteiger partial charge in [0, 0.05) is 37.2 Å². The number of carbonyl (C=O) groups excluding carboxylic acids is 1. The first-order valence-corrected chi connectivity index (χ1v) is 12.8. The summed E-state index contributed by atoms with van der Waals surface area (Å²) in [6.45, 7) is 2.06. The van der Waals surface area contributed by atoms with Crippen LogP contribution in [-0.2, 0) is 17.6 Å². The summed E-state index contributed by atoms with van der Waals surface area (Å²) in [7, 11) is 0. The van der Waals surface area contributed by atoms with Gasteiger partial charge in [-0.1, -0.05) is 66.7 Å². The Morgan fingerprint density at radius 3 is 2.49 bits per heavy atom. The molecule has 8 heteroatoms. The van der Waals surface area contributed by atoms with E-state index < -0.39 is 6.10 Å². The fourth-order valence-electron chi connectivity index (χ4n) is 4.26. The van der Waals surface area contributed by atoms with Gasteiger partial charge in [-0.05, 0) is 47.4 Å². The van der Waals surface area contributed by atoms with Gasteiger partial charge in [0.1, 0.15) is 11.6 Å². The van der Waals surface area contributed by atoms with E-state index in [4.69, 9.17) is 0 Å². The highest BCUT2D eigenvalue weighted by molar-refractivity contribution is 5.92. The van der Waals surface area contributed by atoms with E-state index in [0.717, 1.165) is 33.8 Å². The first kappa shape index (κ1) is 25.8. The maximum atomic E-state index is 12.8. The maximum Gasteiger partial charge on any atom is 0.228 e. The number of anilines is 2. The zero-order valence-electron chi connectivity index (χ0n) is 21.7. The Hall–Kier alpha value is -4.82. The first-order valence-electron chi connectivity index (χ1n) is 12.8. The number of benzene rings is 3. The third kappa shape index (κ3) is 6.94. The van der Waals surface area contributed by atoms with Crippen molar-refractivity contribution in [1.29, 1.82) is 0 Å². The molecule has 2 aromatic heterocycles. The molecule has 5 rings (SSSR count). The Labute approximate surface area is 227 Å². The maximum absolute atomic E-state index is 12.8. The van der Waals surface area contributed by atoms with E-state index in [1.54, 1.807) is 19.3 Å². The van der Waals surface area contributed by atoms with Gasteiger partial charge < -0.3 is 15.7 Å². The van der Waals surface area contributed by atoms with Crippen LogP contribution in [0.1, 0.15) is 23.9 Å². The molecular formula is C31H30N6O2. The minimum absolute atomic E-state index is 0.0701. The summed E-state index contributed by atoms with van der Waals surface area (Å²) in [5.74, 6) is 1.84. The van der Waals surface area contributed by atoms with Crippen molar-refractivity contribution in [3.63, 3.8) is 0 Å². The van der Waals surface area contributed by atoms with Crippen molar-refractivity contribution in [3.05, 3.63) is 120 Å². The third-order valence-electron chi connectivity index (χ3n) is 6.16. The number of carbonyl (C=O) groups is 1. The Bertz CT molecular complexity index is 1530. The Kier molecular flexibility index (Phi) is 8.04. The summed E-state index contributed by atoms with van der Waals surface area (Å²) in [5, 5.41) is 15.6. The lowest BCUT2D eigenvalue weighted by molar-refractivity contribution is -0.115. The van der Waals surface area contributed by atoms with E-state index in [-0.39, 0.29) is 5.91 Å². The van der Waals surface area contributed by atoms with Crippen LogP contribution < -0.4 is 10.6 Å². The van der Waals surface area contributed by atoms with E-state index >= 15 is 0 Å². The predicted octanol–water partition coefficient (Wildman–Crippen LogP) is 4.89. The van der Waals surface area contributed by atoms with E-state index in [1.165, 1.54) is 0 Å². The Balaban J connectivity index is 1.22. The molecule has 0 spiro atoms. The molecule has 1 atom stereocenters. The van der Waals surface area contributed by atoms with Crippen molar-refractivity contribution in [1.82, 2.24) is 19.5 Å². The topological polar surface area (TPSA) is 105 Å². The van der Waals surface area contributed by atoms with E-state index in [0.29, 0.717) is 31.2 Å². The van der Waals surface area contributed by atoms with Gasteiger partial charge in [0.05, 0.1) is 12.5 Å². The highest BCUT2D eigenvalue weighted by Crippen LogP contribution is 2.20. The van der Waals surface area contributed by atoms with Crippen LogP contribution in [-0.4, -0.2) is 43.2 Å². The number of nitrogens with one attached hydrogen (secondary N) is 2. The van der Waals surface area contributed by atoms with Gasteiger partial charge in [-0.2, -0.15) is 4.98 Å². The lowest BCUT2D eigenvalue weighted by Gasteiger charge is -2.11. The molecule has 5 aromatic rings. The van der Waals surface area contributed by atoms with Gasteiger partial charge in [-0.15, -0.1) is 0 Å². The monoisotopic (exact) mass is 518 g/mol. The molecule has 8 nitrogen and oxygen atoms in total. The Morgan fingerprint density at radius 1 is 0.897 bits per heavy atom. The number of aliphatic hydroxyl groups excluding tert-OH is 1. The number of hydrogen-bond acceptors (Lipinski definition) is 6. The molecule has 0 aliphatic heterocycles. The molecular weight excluding hydrogens is 488 g/mol. The van der Waals surface area contributed by atoms with Crippen molar-refractivity contribution >= 4 is 17.5 Å². The predicted molar refractivity (Wildman–Crippen MR) is 153 cm³/mol. The normalized spacial score (nSPS) is 11.6. The zero-order chi connectivity index (χ0) is 27.0. The molecule has 3 N–H and O–H groups in total. The third-order valence-corrected chi connectivity index (χ3v) is 6.16. The van der Waals surface area contributed by atoms with Gasteiger partial charge >= 0.3 is 0 Å². The second-order valence-corrected chi connectivity index (χ2v) is 9.35. The number of imidazole rings is 1. The quantitative estimate of drug-likeness (QED) is 0.243. The largest absolute Gasteiger partial charge is 0.392 e. The molecule has 196 valence electrons. The van der Waals surface area contributed by atoms with Crippen LogP contribution in [0.4, 0.5) is 11.6 Å². The highest BCUT2D eigenvalue weighted by atomic mass is 16.3. The van der Waals surface area contributed by atoms with Crippen LogP contribution in [0.3, 0.4) is 0 Å². The van der Waals surface area contributed by atoms with Gasteiger partial charge in [0.25, 0.3) is 0 Å². The lowest BCUT2D eigenvalue weighted by Crippen LogP contribution is -2.17. The molecule has 2 heterocycles. The molecule has 0 bridgehead atoms. The first-order chi connectivity index (χ1) is 19.0. The number of nitrogens with zero attached hydrogens (tertiary/aromatic N) is 4. The number of amides is 1. The van der Waals surface area contributed by atoms with Crippen molar-refractivity contribution in [3.8, 4) is 16.9 Å². The number of aliphatic hydroxyl groups is 1. The summed E-state index contributed by atoms with van der Waals surface area (Å²) in [6, 6.07) is 27.9. The van der Waals surface area contributed by atoms with Crippen molar-refractivity contribution < 1.29 is 9.90 Å².